The molecule has 266 valence electrons. The van der Waals surface area contributed by atoms with E-state index in [4.69, 9.17) is 0 Å². The molecule has 2 nitrogen and oxygen atoms in total. The van der Waals surface area contributed by atoms with Gasteiger partial charge in [-0.2, -0.15) is 0 Å². The van der Waals surface area contributed by atoms with Crippen molar-refractivity contribution in [2.75, 3.05) is 4.90 Å². The number of benzene rings is 8. The summed E-state index contributed by atoms with van der Waals surface area (Å²) in [5.74, 6) is 0. The minimum atomic E-state index is 1.09. The standard InChI is InChI=1S/C53H38N2S/c1-3-17-43-48-35-46(42-23-11-12-25-45(42)53(48)55(49(43)4-2)38-20-9-6-10-21-38)37-28-30-39(31-29-37)54(50-26-15-13-22-41(50)36-18-7-5-8-19-36)40-32-33-52-47(34-40)44-24-14-16-27-51(44)56-52/h3-35H,2H2,1H3/b17-3-. The van der Waals surface area contributed by atoms with Gasteiger partial charge >= 0.3 is 0 Å². The average Bonchev–Trinajstić information content (AvgIpc) is 3.80. The predicted octanol–water partition coefficient (Wildman–Crippen LogP) is 15.6. The molecule has 0 unspecified atom stereocenters. The lowest BCUT2D eigenvalue weighted by Crippen LogP contribution is -2.11. The van der Waals surface area contributed by atoms with Crippen molar-refractivity contribution in [3.8, 4) is 27.9 Å². The summed E-state index contributed by atoms with van der Waals surface area (Å²) in [6.45, 7) is 6.37. The quantitative estimate of drug-likeness (QED) is 0.151. The number of fused-ring (bicyclic) bond motifs is 6. The van der Waals surface area contributed by atoms with Gasteiger partial charge in [-0.3, -0.25) is 0 Å². The third-order valence-electron chi connectivity index (χ3n) is 10.9. The summed E-state index contributed by atoms with van der Waals surface area (Å²) in [5, 5.41) is 6.20. The number of thiophene rings is 1. The zero-order chi connectivity index (χ0) is 37.6. The summed E-state index contributed by atoms with van der Waals surface area (Å²) in [6, 6.07) is 66.0. The van der Waals surface area contributed by atoms with Gasteiger partial charge < -0.3 is 9.47 Å². The Morgan fingerprint density at radius 2 is 1.14 bits per heavy atom. The zero-order valence-electron chi connectivity index (χ0n) is 31.1. The van der Waals surface area contributed by atoms with E-state index in [0.29, 0.717) is 0 Å². The van der Waals surface area contributed by atoms with Gasteiger partial charge in [0.1, 0.15) is 0 Å². The van der Waals surface area contributed by atoms with Crippen molar-refractivity contribution in [2.24, 2.45) is 0 Å². The highest BCUT2D eigenvalue weighted by Crippen LogP contribution is 2.45. The van der Waals surface area contributed by atoms with Crippen LogP contribution in [0.1, 0.15) is 18.2 Å². The molecule has 0 spiro atoms. The third kappa shape index (κ3) is 5.56. The van der Waals surface area contributed by atoms with Crippen LogP contribution in [0.15, 0.2) is 195 Å². The van der Waals surface area contributed by atoms with Gasteiger partial charge in [-0.25, -0.2) is 0 Å². The Kier molecular flexibility index (Phi) is 8.43. The minimum Gasteiger partial charge on any atom is -0.310 e. The average molecular weight is 735 g/mol. The number of allylic oxidation sites excluding steroid dienone is 1. The van der Waals surface area contributed by atoms with Crippen molar-refractivity contribution in [1.82, 2.24) is 4.57 Å². The number of para-hydroxylation sites is 2. The molecule has 10 aromatic rings. The van der Waals surface area contributed by atoms with Gasteiger partial charge in [0.05, 0.1) is 16.9 Å². The molecule has 56 heavy (non-hydrogen) atoms. The van der Waals surface area contributed by atoms with Gasteiger partial charge in [-0.05, 0) is 95.7 Å². The number of hydrogen-bond donors (Lipinski definition) is 0. The lowest BCUT2D eigenvalue weighted by molar-refractivity contribution is 1.11. The third-order valence-corrected chi connectivity index (χ3v) is 12.0. The van der Waals surface area contributed by atoms with Crippen LogP contribution in [-0.2, 0) is 0 Å². The second kappa shape index (κ2) is 14.0. The Labute approximate surface area is 331 Å². The number of rotatable bonds is 8. The number of aromatic nitrogens is 1. The molecule has 3 heteroatoms. The van der Waals surface area contributed by atoms with E-state index in [-0.39, 0.29) is 0 Å². The van der Waals surface area contributed by atoms with Crippen LogP contribution in [-0.4, -0.2) is 4.57 Å². The molecule has 0 radical (unpaired) electrons. The van der Waals surface area contributed by atoms with Crippen molar-refractivity contribution >= 4 is 82.4 Å². The first-order valence-corrected chi connectivity index (χ1v) is 19.9. The molecule has 0 bridgehead atoms. The van der Waals surface area contributed by atoms with Crippen LogP contribution in [0.2, 0.25) is 0 Å². The molecule has 2 aromatic heterocycles. The molecule has 2 heterocycles. The van der Waals surface area contributed by atoms with Crippen molar-refractivity contribution in [1.29, 1.82) is 0 Å². The van der Waals surface area contributed by atoms with Gasteiger partial charge in [0.15, 0.2) is 0 Å². The fourth-order valence-corrected chi connectivity index (χ4v) is 9.50. The number of nitrogens with zero attached hydrogens (tertiary/aromatic N) is 2. The topological polar surface area (TPSA) is 8.17 Å². The predicted molar refractivity (Wildman–Crippen MR) is 244 cm³/mol. The zero-order valence-corrected chi connectivity index (χ0v) is 31.9. The Hall–Kier alpha value is -6.94. The smallest absolute Gasteiger partial charge is 0.0619 e. The molecule has 0 aliphatic carbocycles. The van der Waals surface area contributed by atoms with E-state index in [0.717, 1.165) is 28.4 Å². The minimum absolute atomic E-state index is 1.09. The highest BCUT2D eigenvalue weighted by atomic mass is 32.1. The van der Waals surface area contributed by atoms with Crippen molar-refractivity contribution in [3.63, 3.8) is 0 Å². The SMILES string of the molecule is C=Cc1c(/C=C\C)c2cc(-c3ccc(N(c4ccc5sc6ccccc6c5c4)c4ccccc4-c4ccccc4)cc3)c3ccccc3c2n1-c1ccccc1. The highest BCUT2D eigenvalue weighted by molar-refractivity contribution is 7.25. The largest absolute Gasteiger partial charge is 0.310 e. The van der Waals surface area contributed by atoms with E-state index >= 15 is 0 Å². The van der Waals surface area contributed by atoms with Crippen LogP contribution in [0.3, 0.4) is 0 Å². The van der Waals surface area contributed by atoms with Gasteiger partial charge in [0, 0.05) is 59.1 Å². The van der Waals surface area contributed by atoms with Crippen LogP contribution >= 0.6 is 11.3 Å². The second-order valence-electron chi connectivity index (χ2n) is 14.1. The fraction of sp³-hybridized carbons (Fsp3) is 0.0189. The summed E-state index contributed by atoms with van der Waals surface area (Å²) in [5.41, 5.74) is 12.7. The first-order chi connectivity index (χ1) is 27.7. The summed E-state index contributed by atoms with van der Waals surface area (Å²) in [7, 11) is 0. The Morgan fingerprint density at radius 3 is 1.91 bits per heavy atom. The normalized spacial score (nSPS) is 11.7. The molecule has 0 saturated heterocycles. The molecular formula is C53H38N2S. The van der Waals surface area contributed by atoms with Gasteiger partial charge in [0.25, 0.3) is 0 Å². The maximum absolute atomic E-state index is 4.29. The molecule has 0 fully saturated rings. The molecule has 0 saturated carbocycles. The van der Waals surface area contributed by atoms with E-state index in [9.17, 15) is 0 Å². The van der Waals surface area contributed by atoms with Gasteiger partial charge in [-0.1, -0.05) is 140 Å². The van der Waals surface area contributed by atoms with Crippen LogP contribution in [0.5, 0.6) is 0 Å². The summed E-state index contributed by atoms with van der Waals surface area (Å²) in [6.07, 6.45) is 6.33. The number of hydrogen-bond acceptors (Lipinski definition) is 2. The highest BCUT2D eigenvalue weighted by Gasteiger charge is 2.22. The molecule has 0 N–H and O–H groups in total. The number of anilines is 3. The summed E-state index contributed by atoms with van der Waals surface area (Å²) < 4.78 is 4.96. The van der Waals surface area contributed by atoms with E-state index in [1.54, 1.807) is 0 Å². The van der Waals surface area contributed by atoms with Crippen molar-refractivity contribution in [3.05, 3.63) is 206 Å². The van der Waals surface area contributed by atoms with Crippen LogP contribution < -0.4 is 4.90 Å². The molecular weight excluding hydrogens is 697 g/mol. The lowest BCUT2D eigenvalue weighted by Gasteiger charge is -2.28. The molecule has 0 amide bonds. The van der Waals surface area contributed by atoms with Crippen molar-refractivity contribution in [2.45, 2.75) is 6.92 Å². The Bertz CT molecular complexity index is 3090. The van der Waals surface area contributed by atoms with E-state index in [1.807, 2.05) is 17.4 Å². The molecule has 8 aromatic carbocycles. The van der Waals surface area contributed by atoms with E-state index in [1.165, 1.54) is 69.7 Å². The lowest BCUT2D eigenvalue weighted by atomic mass is 9.94. The summed E-state index contributed by atoms with van der Waals surface area (Å²) >= 11 is 1.85. The van der Waals surface area contributed by atoms with Crippen LogP contribution in [0, 0.1) is 0 Å². The summed E-state index contributed by atoms with van der Waals surface area (Å²) in [4.78, 5) is 2.42. The first-order valence-electron chi connectivity index (χ1n) is 19.1. The van der Waals surface area contributed by atoms with Gasteiger partial charge in [-0.15, -0.1) is 11.3 Å². The molecule has 0 atom stereocenters. The molecule has 0 aliphatic rings. The van der Waals surface area contributed by atoms with Gasteiger partial charge in [0.2, 0.25) is 0 Å². The maximum Gasteiger partial charge on any atom is 0.0619 e. The van der Waals surface area contributed by atoms with Crippen LogP contribution in [0.4, 0.5) is 17.1 Å². The molecule has 10 rings (SSSR count). The second-order valence-corrected chi connectivity index (χ2v) is 15.2. The monoisotopic (exact) mass is 734 g/mol. The van der Waals surface area contributed by atoms with Crippen molar-refractivity contribution < 1.29 is 0 Å². The molecule has 0 aliphatic heterocycles. The Balaban J connectivity index is 1.18. The maximum atomic E-state index is 4.29. The van der Waals surface area contributed by atoms with Crippen LogP contribution in [0.25, 0.3) is 81.9 Å². The van der Waals surface area contributed by atoms with E-state index in [2.05, 4.69) is 217 Å². The Morgan fingerprint density at radius 1 is 0.518 bits per heavy atom. The van der Waals surface area contributed by atoms with E-state index < -0.39 is 0 Å². The fourth-order valence-electron chi connectivity index (χ4n) is 8.41. The first kappa shape index (κ1) is 33.6.